The molecule has 0 heterocycles. The first-order chi connectivity index (χ1) is 11.3. The number of carbonyl (C=O) groups excluding carboxylic acids is 2. The van der Waals surface area contributed by atoms with Crippen LogP contribution in [0.15, 0.2) is 24.3 Å². The second kappa shape index (κ2) is 10.3. The predicted molar refractivity (Wildman–Crippen MR) is 95.9 cm³/mol. The van der Waals surface area contributed by atoms with Gasteiger partial charge in [-0.3, -0.25) is 9.59 Å². The Bertz CT molecular complexity index is 532. The van der Waals surface area contributed by atoms with E-state index in [1.54, 1.807) is 24.0 Å². The molecule has 0 aliphatic rings. The summed E-state index contributed by atoms with van der Waals surface area (Å²) >= 11 is 5.87. The van der Waals surface area contributed by atoms with Crippen molar-refractivity contribution in [2.75, 3.05) is 13.2 Å². The van der Waals surface area contributed by atoms with E-state index < -0.39 is 6.04 Å². The van der Waals surface area contributed by atoms with Gasteiger partial charge < -0.3 is 15.0 Å². The molecule has 0 aliphatic heterocycles. The second-order valence-corrected chi connectivity index (χ2v) is 6.45. The van der Waals surface area contributed by atoms with Crippen LogP contribution < -0.4 is 5.32 Å². The fraction of sp³-hybridized carbons (Fsp3) is 0.556. The zero-order chi connectivity index (χ0) is 18.1. The number of ether oxygens (including phenoxy) is 1. The zero-order valence-electron chi connectivity index (χ0n) is 14.8. The lowest BCUT2D eigenvalue weighted by atomic mass is 10.1. The Morgan fingerprint density at radius 1 is 1.21 bits per heavy atom. The normalized spacial score (nSPS) is 12.1. The Morgan fingerprint density at radius 2 is 1.83 bits per heavy atom. The van der Waals surface area contributed by atoms with Gasteiger partial charge in [-0.05, 0) is 44.9 Å². The van der Waals surface area contributed by atoms with Crippen molar-refractivity contribution in [1.29, 1.82) is 0 Å². The van der Waals surface area contributed by atoms with Crippen LogP contribution in [-0.2, 0) is 20.9 Å². The van der Waals surface area contributed by atoms with Crippen molar-refractivity contribution in [3.8, 4) is 0 Å². The van der Waals surface area contributed by atoms with Gasteiger partial charge in [0, 0.05) is 31.6 Å². The third-order valence-electron chi connectivity index (χ3n) is 3.59. The molecule has 0 aromatic heterocycles. The number of hydrogen-bond donors (Lipinski definition) is 1. The van der Waals surface area contributed by atoms with E-state index in [2.05, 4.69) is 5.32 Å². The molecule has 1 aromatic rings. The molecule has 0 bridgehead atoms. The van der Waals surface area contributed by atoms with Crippen LogP contribution in [0.5, 0.6) is 0 Å². The van der Waals surface area contributed by atoms with Crippen LogP contribution in [0.4, 0.5) is 0 Å². The molecule has 1 N–H and O–H groups in total. The lowest BCUT2D eigenvalue weighted by Gasteiger charge is -2.27. The van der Waals surface area contributed by atoms with Gasteiger partial charge in [0.1, 0.15) is 6.04 Å². The van der Waals surface area contributed by atoms with E-state index in [9.17, 15) is 9.59 Å². The molecule has 0 saturated heterocycles. The van der Waals surface area contributed by atoms with Gasteiger partial charge >= 0.3 is 0 Å². The average Bonchev–Trinajstić information content (AvgIpc) is 2.52. The maximum absolute atomic E-state index is 12.3. The Morgan fingerprint density at radius 3 is 2.38 bits per heavy atom. The Balaban J connectivity index is 2.52. The number of nitrogens with zero attached hydrogens (tertiary/aromatic N) is 1. The number of hydrogen-bond acceptors (Lipinski definition) is 3. The molecular formula is C18H27ClN2O3. The molecule has 1 rings (SSSR count). The van der Waals surface area contributed by atoms with Gasteiger partial charge in [0.15, 0.2) is 0 Å². The molecule has 1 atom stereocenters. The number of amides is 2. The summed E-state index contributed by atoms with van der Waals surface area (Å²) in [5, 5.41) is 3.49. The van der Waals surface area contributed by atoms with Crippen LogP contribution in [0.3, 0.4) is 0 Å². The molecule has 6 heteroatoms. The first kappa shape index (κ1) is 20.5. The van der Waals surface area contributed by atoms with E-state index >= 15 is 0 Å². The molecule has 2 amide bonds. The van der Waals surface area contributed by atoms with E-state index in [-0.39, 0.29) is 17.9 Å². The Kier molecular flexibility index (Phi) is 8.79. The number of nitrogens with one attached hydrogen (secondary N) is 1. The molecule has 0 radical (unpaired) electrons. The number of benzene rings is 1. The maximum Gasteiger partial charge on any atom is 0.242 e. The summed E-state index contributed by atoms with van der Waals surface area (Å²) in [5.74, 6) is -0.306. The highest BCUT2D eigenvalue weighted by atomic mass is 35.5. The minimum atomic E-state index is -0.538. The number of carbonyl (C=O) groups is 2. The van der Waals surface area contributed by atoms with Crippen molar-refractivity contribution in [2.24, 2.45) is 0 Å². The maximum atomic E-state index is 12.3. The third kappa shape index (κ3) is 7.32. The highest BCUT2D eigenvalue weighted by Gasteiger charge is 2.23. The summed E-state index contributed by atoms with van der Waals surface area (Å²) in [6.07, 6.45) is 0.931. The molecule has 0 unspecified atom stereocenters. The van der Waals surface area contributed by atoms with Gasteiger partial charge in [-0.2, -0.15) is 0 Å². The summed E-state index contributed by atoms with van der Waals surface area (Å²) in [5.41, 5.74) is 0.930. The Hall–Kier alpha value is -1.59. The smallest absolute Gasteiger partial charge is 0.242 e. The highest BCUT2D eigenvalue weighted by molar-refractivity contribution is 6.30. The van der Waals surface area contributed by atoms with Crippen LogP contribution in [0.2, 0.25) is 5.02 Å². The van der Waals surface area contributed by atoms with Gasteiger partial charge in [-0.1, -0.05) is 23.7 Å². The minimum absolute atomic E-state index is 0.143. The van der Waals surface area contributed by atoms with E-state index in [0.717, 1.165) is 12.0 Å². The summed E-state index contributed by atoms with van der Waals surface area (Å²) < 4.78 is 5.43. The van der Waals surface area contributed by atoms with Crippen molar-refractivity contribution in [2.45, 2.75) is 52.8 Å². The van der Waals surface area contributed by atoms with Gasteiger partial charge in [0.05, 0.1) is 6.10 Å². The molecule has 1 aromatic carbocycles. The highest BCUT2D eigenvalue weighted by Crippen LogP contribution is 2.13. The first-order valence-electron chi connectivity index (χ1n) is 8.22. The topological polar surface area (TPSA) is 58.6 Å². The van der Waals surface area contributed by atoms with Gasteiger partial charge in [-0.15, -0.1) is 0 Å². The fourth-order valence-corrected chi connectivity index (χ4v) is 2.33. The summed E-state index contributed by atoms with van der Waals surface area (Å²) in [7, 11) is 0. The van der Waals surface area contributed by atoms with Crippen molar-refractivity contribution in [3.05, 3.63) is 34.9 Å². The zero-order valence-corrected chi connectivity index (χ0v) is 15.6. The van der Waals surface area contributed by atoms with Crippen LogP contribution >= 0.6 is 11.6 Å². The molecule has 0 saturated carbocycles. The summed E-state index contributed by atoms with van der Waals surface area (Å²) in [4.78, 5) is 25.7. The minimum Gasteiger partial charge on any atom is -0.379 e. The van der Waals surface area contributed by atoms with Crippen molar-refractivity contribution in [3.63, 3.8) is 0 Å². The van der Waals surface area contributed by atoms with Crippen molar-refractivity contribution >= 4 is 23.4 Å². The molecule has 0 aliphatic carbocycles. The Labute approximate surface area is 149 Å². The molecule has 0 fully saturated rings. The van der Waals surface area contributed by atoms with Crippen molar-refractivity contribution < 1.29 is 14.3 Å². The summed E-state index contributed by atoms with van der Waals surface area (Å²) in [6.45, 7) is 8.66. The lowest BCUT2D eigenvalue weighted by Crippen LogP contribution is -2.47. The second-order valence-electron chi connectivity index (χ2n) is 6.01. The SMILES string of the molecule is CC(=O)N(Cc1ccc(Cl)cc1)[C@H](C)C(=O)NCCCOC(C)C. The predicted octanol–water partition coefficient (Wildman–Crippen LogP) is 3.01. The standard InChI is InChI=1S/C18H27ClN2O3/c1-13(2)24-11-5-10-20-18(23)14(3)21(15(4)22)12-16-6-8-17(19)9-7-16/h6-9,13-14H,5,10-12H2,1-4H3,(H,20,23)/t14-/m1/s1. The molecule has 24 heavy (non-hydrogen) atoms. The van der Waals surface area contributed by atoms with Crippen LogP contribution in [0.1, 0.15) is 39.7 Å². The monoisotopic (exact) mass is 354 g/mol. The van der Waals surface area contributed by atoms with E-state index in [4.69, 9.17) is 16.3 Å². The van der Waals surface area contributed by atoms with Gasteiger partial charge in [-0.25, -0.2) is 0 Å². The van der Waals surface area contributed by atoms with Crippen LogP contribution in [-0.4, -0.2) is 42.0 Å². The van der Waals surface area contributed by atoms with E-state index in [0.29, 0.717) is 24.7 Å². The first-order valence-corrected chi connectivity index (χ1v) is 8.60. The van der Waals surface area contributed by atoms with E-state index in [1.807, 2.05) is 26.0 Å². The van der Waals surface area contributed by atoms with Crippen LogP contribution in [0.25, 0.3) is 0 Å². The summed E-state index contributed by atoms with van der Waals surface area (Å²) in [6, 6.07) is 6.71. The number of rotatable bonds is 9. The van der Waals surface area contributed by atoms with Crippen LogP contribution in [0, 0.1) is 0 Å². The quantitative estimate of drug-likeness (QED) is 0.693. The van der Waals surface area contributed by atoms with Gasteiger partial charge in [0.2, 0.25) is 11.8 Å². The van der Waals surface area contributed by atoms with Gasteiger partial charge in [0.25, 0.3) is 0 Å². The fourth-order valence-electron chi connectivity index (χ4n) is 2.20. The lowest BCUT2D eigenvalue weighted by molar-refractivity contribution is -0.139. The third-order valence-corrected chi connectivity index (χ3v) is 3.84. The van der Waals surface area contributed by atoms with E-state index in [1.165, 1.54) is 6.92 Å². The van der Waals surface area contributed by atoms with Crippen molar-refractivity contribution in [1.82, 2.24) is 10.2 Å². The molecule has 134 valence electrons. The molecule has 5 nitrogen and oxygen atoms in total. The molecular weight excluding hydrogens is 328 g/mol. The average molecular weight is 355 g/mol. The number of halogens is 1. The largest absolute Gasteiger partial charge is 0.379 e. The molecule has 0 spiro atoms.